The molecule has 0 aromatic heterocycles. The Morgan fingerprint density at radius 1 is 1.28 bits per heavy atom. The van der Waals surface area contributed by atoms with E-state index >= 15 is 0 Å². The van der Waals surface area contributed by atoms with E-state index in [2.05, 4.69) is 15.9 Å². The number of hydrogen-bond acceptors (Lipinski definition) is 3. The average Bonchev–Trinajstić information content (AvgIpc) is 2.54. The number of halogens is 1. The minimum atomic E-state index is -0.431. The summed E-state index contributed by atoms with van der Waals surface area (Å²) in [4.78, 5) is 0. The van der Waals surface area contributed by atoms with Crippen molar-refractivity contribution in [1.29, 1.82) is 0 Å². The van der Waals surface area contributed by atoms with Crippen LogP contribution in [0.25, 0.3) is 0 Å². The van der Waals surface area contributed by atoms with E-state index in [0.29, 0.717) is 6.42 Å². The van der Waals surface area contributed by atoms with E-state index < -0.39 is 6.10 Å². The third-order valence-corrected chi connectivity index (χ3v) is 4.34. The lowest BCUT2D eigenvalue weighted by atomic mass is 9.83. The Bertz CT molecular complexity index is 439. The molecule has 1 unspecified atom stereocenters. The van der Waals surface area contributed by atoms with Crippen LogP contribution in [-0.2, 0) is 4.74 Å². The van der Waals surface area contributed by atoms with Crippen LogP contribution >= 0.6 is 15.9 Å². The molecule has 1 aromatic rings. The molecule has 2 heterocycles. The van der Waals surface area contributed by atoms with Crippen molar-refractivity contribution in [2.75, 3.05) is 13.2 Å². The molecule has 0 aliphatic carbocycles. The zero-order valence-corrected chi connectivity index (χ0v) is 11.8. The van der Waals surface area contributed by atoms with Crippen LogP contribution in [0.2, 0.25) is 0 Å². The lowest BCUT2D eigenvalue weighted by molar-refractivity contribution is -0.0272. The monoisotopic (exact) mass is 312 g/mol. The van der Waals surface area contributed by atoms with Gasteiger partial charge in [0.15, 0.2) is 0 Å². The predicted octanol–water partition coefficient (Wildman–Crippen LogP) is 3.20. The van der Waals surface area contributed by atoms with Crippen molar-refractivity contribution < 1.29 is 14.6 Å². The molecular formula is C14H17BrO3. The maximum absolute atomic E-state index is 10.3. The number of rotatable bonds is 0. The van der Waals surface area contributed by atoms with Gasteiger partial charge in [0.1, 0.15) is 11.4 Å². The molecule has 0 amide bonds. The van der Waals surface area contributed by atoms with E-state index in [1.807, 2.05) is 18.2 Å². The van der Waals surface area contributed by atoms with Crippen molar-refractivity contribution in [2.45, 2.75) is 37.4 Å². The van der Waals surface area contributed by atoms with Crippen molar-refractivity contribution in [1.82, 2.24) is 0 Å². The third kappa shape index (κ3) is 2.29. The number of benzene rings is 1. The summed E-state index contributed by atoms with van der Waals surface area (Å²) >= 11 is 3.45. The summed E-state index contributed by atoms with van der Waals surface area (Å²) in [5.74, 6) is 0.810. The summed E-state index contributed by atoms with van der Waals surface area (Å²) in [7, 11) is 0. The minimum Gasteiger partial charge on any atom is -0.487 e. The van der Waals surface area contributed by atoms with Crippen LogP contribution in [0.3, 0.4) is 0 Å². The summed E-state index contributed by atoms with van der Waals surface area (Å²) in [6.45, 7) is 1.52. The van der Waals surface area contributed by atoms with Crippen LogP contribution in [0.1, 0.15) is 37.4 Å². The molecule has 2 aliphatic rings. The standard InChI is InChI=1S/C14H17BrO3/c15-10-2-3-11-12(16)9-14(18-13(11)8-10)4-1-6-17-7-5-14/h2-3,8,12,16H,1,4-7,9H2/t12-,14?/m0/s1. The van der Waals surface area contributed by atoms with E-state index in [1.165, 1.54) is 0 Å². The summed E-state index contributed by atoms with van der Waals surface area (Å²) in [5.41, 5.74) is 0.651. The van der Waals surface area contributed by atoms with E-state index in [1.54, 1.807) is 0 Å². The zero-order valence-electron chi connectivity index (χ0n) is 10.2. The van der Waals surface area contributed by atoms with Crippen LogP contribution in [0.5, 0.6) is 5.75 Å². The highest BCUT2D eigenvalue weighted by Crippen LogP contribution is 2.44. The Labute approximate surface area is 115 Å². The molecule has 3 rings (SSSR count). The number of hydrogen-bond donors (Lipinski definition) is 1. The first kappa shape index (κ1) is 12.5. The second-order valence-electron chi connectivity index (χ2n) is 5.15. The fraction of sp³-hybridized carbons (Fsp3) is 0.571. The highest BCUT2D eigenvalue weighted by atomic mass is 79.9. The first-order chi connectivity index (χ1) is 8.69. The van der Waals surface area contributed by atoms with Crippen LogP contribution in [0, 0.1) is 0 Å². The van der Waals surface area contributed by atoms with E-state index in [4.69, 9.17) is 9.47 Å². The molecular weight excluding hydrogens is 296 g/mol. The largest absolute Gasteiger partial charge is 0.487 e. The Kier molecular flexibility index (Phi) is 3.34. The zero-order chi connectivity index (χ0) is 12.6. The lowest BCUT2D eigenvalue weighted by Crippen LogP contribution is -2.41. The van der Waals surface area contributed by atoms with Crippen molar-refractivity contribution in [3.8, 4) is 5.75 Å². The fourth-order valence-electron chi connectivity index (χ4n) is 2.90. The maximum Gasteiger partial charge on any atom is 0.127 e. The predicted molar refractivity (Wildman–Crippen MR) is 71.7 cm³/mol. The number of aliphatic hydroxyl groups excluding tert-OH is 1. The normalized spacial score (nSPS) is 31.6. The van der Waals surface area contributed by atoms with Gasteiger partial charge in [-0.05, 0) is 25.0 Å². The van der Waals surface area contributed by atoms with Crippen molar-refractivity contribution in [2.24, 2.45) is 0 Å². The van der Waals surface area contributed by atoms with Crippen LogP contribution in [0.4, 0.5) is 0 Å². The Balaban J connectivity index is 1.93. The molecule has 98 valence electrons. The maximum atomic E-state index is 10.3. The Hall–Kier alpha value is -0.580. The van der Waals surface area contributed by atoms with Gasteiger partial charge in [0.25, 0.3) is 0 Å². The first-order valence-corrected chi connectivity index (χ1v) is 7.22. The second kappa shape index (κ2) is 4.83. The molecule has 3 nitrogen and oxygen atoms in total. The number of fused-ring (bicyclic) bond motifs is 1. The molecule has 1 fully saturated rings. The fourth-order valence-corrected chi connectivity index (χ4v) is 3.24. The van der Waals surface area contributed by atoms with Gasteiger partial charge in [-0.3, -0.25) is 0 Å². The van der Waals surface area contributed by atoms with Gasteiger partial charge in [0.05, 0.1) is 12.7 Å². The van der Waals surface area contributed by atoms with Gasteiger partial charge < -0.3 is 14.6 Å². The molecule has 18 heavy (non-hydrogen) atoms. The van der Waals surface area contributed by atoms with Crippen LogP contribution in [-0.4, -0.2) is 23.9 Å². The third-order valence-electron chi connectivity index (χ3n) is 3.85. The molecule has 0 bridgehead atoms. The van der Waals surface area contributed by atoms with E-state index in [-0.39, 0.29) is 5.60 Å². The minimum absolute atomic E-state index is 0.246. The SMILES string of the molecule is O[C@H]1CC2(CCCOCC2)Oc2cc(Br)ccc21. The van der Waals surface area contributed by atoms with Crippen molar-refractivity contribution in [3.63, 3.8) is 0 Å². The summed E-state index contributed by atoms with van der Waals surface area (Å²) in [6, 6.07) is 5.83. The smallest absolute Gasteiger partial charge is 0.127 e. The van der Waals surface area contributed by atoms with Gasteiger partial charge in [-0.1, -0.05) is 22.0 Å². The van der Waals surface area contributed by atoms with Gasteiger partial charge in [0, 0.05) is 29.5 Å². The topological polar surface area (TPSA) is 38.7 Å². The quantitative estimate of drug-likeness (QED) is 0.799. The van der Waals surface area contributed by atoms with Gasteiger partial charge in [-0.25, -0.2) is 0 Å². The van der Waals surface area contributed by atoms with Gasteiger partial charge in [0.2, 0.25) is 0 Å². The summed E-state index contributed by atoms with van der Waals surface area (Å²) in [5, 5.41) is 10.3. The Morgan fingerprint density at radius 2 is 2.17 bits per heavy atom. The van der Waals surface area contributed by atoms with Gasteiger partial charge >= 0.3 is 0 Å². The summed E-state index contributed by atoms with van der Waals surface area (Å²) in [6.07, 6.45) is 3.05. The van der Waals surface area contributed by atoms with Crippen molar-refractivity contribution in [3.05, 3.63) is 28.2 Å². The molecule has 1 N–H and O–H groups in total. The molecule has 0 radical (unpaired) electrons. The number of ether oxygens (including phenoxy) is 2. The molecule has 1 spiro atoms. The van der Waals surface area contributed by atoms with Crippen molar-refractivity contribution >= 4 is 15.9 Å². The van der Waals surface area contributed by atoms with E-state index in [0.717, 1.165) is 48.3 Å². The highest BCUT2D eigenvalue weighted by molar-refractivity contribution is 9.10. The first-order valence-electron chi connectivity index (χ1n) is 6.43. The van der Waals surface area contributed by atoms with Gasteiger partial charge in [-0.2, -0.15) is 0 Å². The second-order valence-corrected chi connectivity index (χ2v) is 6.07. The molecule has 2 atom stereocenters. The van der Waals surface area contributed by atoms with E-state index in [9.17, 15) is 5.11 Å². The molecule has 1 aromatic carbocycles. The molecule has 1 saturated heterocycles. The highest BCUT2D eigenvalue weighted by Gasteiger charge is 2.40. The molecule has 2 aliphatic heterocycles. The summed E-state index contributed by atoms with van der Waals surface area (Å²) < 4.78 is 12.7. The van der Waals surface area contributed by atoms with Crippen LogP contribution in [0.15, 0.2) is 22.7 Å². The lowest BCUT2D eigenvalue weighted by Gasteiger charge is -2.40. The molecule has 0 saturated carbocycles. The molecule has 4 heteroatoms. The average molecular weight is 313 g/mol. The Morgan fingerprint density at radius 3 is 3.06 bits per heavy atom. The number of aliphatic hydroxyl groups is 1. The van der Waals surface area contributed by atoms with Gasteiger partial charge in [-0.15, -0.1) is 0 Å². The van der Waals surface area contributed by atoms with Crippen LogP contribution < -0.4 is 4.74 Å².